The zero-order valence-corrected chi connectivity index (χ0v) is 12.3. The Morgan fingerprint density at radius 1 is 1.32 bits per heavy atom. The van der Waals surface area contributed by atoms with Crippen LogP contribution >= 0.6 is 0 Å². The second kappa shape index (κ2) is 5.38. The molecule has 3 aromatic heterocycles. The second-order valence-corrected chi connectivity index (χ2v) is 5.37. The summed E-state index contributed by atoms with van der Waals surface area (Å²) in [6, 6.07) is 1.92. The third-order valence-electron chi connectivity index (χ3n) is 3.90. The lowest BCUT2D eigenvalue weighted by Crippen LogP contribution is -2.44. The Bertz CT molecular complexity index is 767. The van der Waals surface area contributed by atoms with E-state index in [0.717, 1.165) is 36.5 Å². The molecule has 0 unspecified atom stereocenters. The summed E-state index contributed by atoms with van der Waals surface area (Å²) in [5, 5.41) is 9.49. The predicted molar refractivity (Wildman–Crippen MR) is 80.5 cm³/mol. The van der Waals surface area contributed by atoms with E-state index in [2.05, 4.69) is 25.1 Å². The van der Waals surface area contributed by atoms with E-state index in [1.807, 2.05) is 30.2 Å². The van der Waals surface area contributed by atoms with Crippen LogP contribution < -0.4 is 4.90 Å². The van der Waals surface area contributed by atoms with Crippen LogP contribution in [-0.2, 0) is 18.3 Å². The maximum atomic E-state index is 5.85. The van der Waals surface area contributed by atoms with Gasteiger partial charge >= 0.3 is 0 Å². The Morgan fingerprint density at radius 2 is 2.27 bits per heavy atom. The molecule has 1 fully saturated rings. The SMILES string of the molecule is Cn1ncc2c(N3CCO[C@H](Cn4cccn4)C3)ncnc21. The van der Waals surface area contributed by atoms with Gasteiger partial charge in [0.05, 0.1) is 30.8 Å². The van der Waals surface area contributed by atoms with Gasteiger partial charge in [-0.15, -0.1) is 0 Å². The molecule has 1 saturated heterocycles. The summed E-state index contributed by atoms with van der Waals surface area (Å²) in [7, 11) is 1.89. The highest BCUT2D eigenvalue weighted by Gasteiger charge is 2.24. The van der Waals surface area contributed by atoms with Crippen LogP contribution in [0.3, 0.4) is 0 Å². The van der Waals surface area contributed by atoms with E-state index in [1.165, 1.54) is 0 Å². The standard InChI is InChI=1S/C14H17N7O/c1-19-13-12(7-18-19)14(16-10-15-13)20-5-6-22-11(8-20)9-21-4-2-3-17-21/h2-4,7,10-11H,5-6,8-9H2,1H3/t11-/m0/s1. The third-order valence-corrected chi connectivity index (χ3v) is 3.90. The van der Waals surface area contributed by atoms with Crippen LogP contribution in [0.5, 0.6) is 0 Å². The maximum absolute atomic E-state index is 5.85. The van der Waals surface area contributed by atoms with E-state index in [1.54, 1.807) is 17.2 Å². The van der Waals surface area contributed by atoms with Crippen LogP contribution in [0.25, 0.3) is 11.0 Å². The highest BCUT2D eigenvalue weighted by Crippen LogP contribution is 2.24. The zero-order chi connectivity index (χ0) is 14.9. The van der Waals surface area contributed by atoms with Gasteiger partial charge in [0.15, 0.2) is 5.65 Å². The first kappa shape index (κ1) is 13.2. The van der Waals surface area contributed by atoms with Gasteiger partial charge in [-0.25, -0.2) is 9.97 Å². The van der Waals surface area contributed by atoms with Gasteiger partial charge in [0.25, 0.3) is 0 Å². The number of aryl methyl sites for hydroxylation is 1. The molecular formula is C14H17N7O. The molecule has 1 aliphatic rings. The number of hydrogen-bond donors (Lipinski definition) is 0. The van der Waals surface area contributed by atoms with Gasteiger partial charge < -0.3 is 9.64 Å². The van der Waals surface area contributed by atoms with Crippen molar-refractivity contribution in [2.75, 3.05) is 24.6 Å². The highest BCUT2D eigenvalue weighted by atomic mass is 16.5. The van der Waals surface area contributed by atoms with Crippen molar-refractivity contribution in [2.45, 2.75) is 12.6 Å². The highest BCUT2D eigenvalue weighted by molar-refractivity contribution is 5.86. The van der Waals surface area contributed by atoms with Crippen LogP contribution in [0.4, 0.5) is 5.82 Å². The largest absolute Gasteiger partial charge is 0.373 e. The van der Waals surface area contributed by atoms with Gasteiger partial charge in [-0.05, 0) is 6.07 Å². The number of fused-ring (bicyclic) bond motifs is 1. The first-order chi connectivity index (χ1) is 10.8. The molecule has 4 rings (SSSR count). The van der Waals surface area contributed by atoms with Crippen molar-refractivity contribution in [1.29, 1.82) is 0 Å². The molecule has 0 bridgehead atoms. The summed E-state index contributed by atoms with van der Waals surface area (Å²) < 4.78 is 9.52. The van der Waals surface area contributed by atoms with Crippen LogP contribution in [0, 0.1) is 0 Å². The second-order valence-electron chi connectivity index (χ2n) is 5.37. The van der Waals surface area contributed by atoms with E-state index >= 15 is 0 Å². The molecule has 0 aromatic carbocycles. The number of hydrogen-bond acceptors (Lipinski definition) is 6. The maximum Gasteiger partial charge on any atom is 0.163 e. The molecule has 0 aliphatic carbocycles. The molecule has 1 aliphatic heterocycles. The quantitative estimate of drug-likeness (QED) is 0.700. The van der Waals surface area contributed by atoms with Crippen LogP contribution in [-0.4, -0.2) is 55.3 Å². The van der Waals surface area contributed by atoms with Gasteiger partial charge in [-0.3, -0.25) is 9.36 Å². The van der Waals surface area contributed by atoms with E-state index in [0.29, 0.717) is 6.61 Å². The normalized spacial score (nSPS) is 19.0. The molecular weight excluding hydrogens is 282 g/mol. The monoisotopic (exact) mass is 299 g/mol. The minimum Gasteiger partial charge on any atom is -0.373 e. The van der Waals surface area contributed by atoms with Crippen molar-refractivity contribution in [3.63, 3.8) is 0 Å². The van der Waals surface area contributed by atoms with Crippen molar-refractivity contribution < 1.29 is 4.74 Å². The van der Waals surface area contributed by atoms with Crippen molar-refractivity contribution in [1.82, 2.24) is 29.5 Å². The topological polar surface area (TPSA) is 73.9 Å². The van der Waals surface area contributed by atoms with Crippen molar-refractivity contribution in [2.24, 2.45) is 7.05 Å². The van der Waals surface area contributed by atoms with Crippen molar-refractivity contribution in [3.8, 4) is 0 Å². The molecule has 1 atom stereocenters. The van der Waals surface area contributed by atoms with Gasteiger partial charge in [0, 0.05) is 32.5 Å². The lowest BCUT2D eigenvalue weighted by molar-refractivity contribution is 0.0273. The summed E-state index contributed by atoms with van der Waals surface area (Å²) >= 11 is 0. The molecule has 0 N–H and O–H groups in total. The fourth-order valence-corrected chi connectivity index (χ4v) is 2.84. The number of morpholine rings is 1. The minimum atomic E-state index is 0.0929. The Hall–Kier alpha value is -2.48. The molecule has 0 amide bonds. The molecule has 8 heteroatoms. The molecule has 114 valence electrons. The molecule has 8 nitrogen and oxygen atoms in total. The molecule has 22 heavy (non-hydrogen) atoms. The van der Waals surface area contributed by atoms with Crippen molar-refractivity contribution in [3.05, 3.63) is 31.0 Å². The van der Waals surface area contributed by atoms with Crippen molar-refractivity contribution >= 4 is 16.9 Å². The molecule has 3 aromatic rings. The van der Waals surface area contributed by atoms with E-state index in [-0.39, 0.29) is 6.10 Å². The number of rotatable bonds is 3. The van der Waals surface area contributed by atoms with Gasteiger partial charge in [-0.2, -0.15) is 10.2 Å². The van der Waals surface area contributed by atoms with Gasteiger partial charge in [-0.1, -0.05) is 0 Å². The average molecular weight is 299 g/mol. The lowest BCUT2D eigenvalue weighted by Gasteiger charge is -2.33. The lowest BCUT2D eigenvalue weighted by atomic mass is 10.2. The van der Waals surface area contributed by atoms with Crippen LogP contribution in [0.15, 0.2) is 31.0 Å². The Labute approximate surface area is 127 Å². The Balaban J connectivity index is 1.58. The molecule has 0 radical (unpaired) electrons. The summed E-state index contributed by atoms with van der Waals surface area (Å²) in [6.45, 7) is 3.01. The third kappa shape index (κ3) is 2.31. The first-order valence-electron chi connectivity index (χ1n) is 7.28. The molecule has 0 spiro atoms. The summed E-state index contributed by atoms with van der Waals surface area (Å²) in [6.07, 6.45) is 7.24. The number of nitrogens with zero attached hydrogens (tertiary/aromatic N) is 7. The molecule has 0 saturated carbocycles. The summed E-state index contributed by atoms with van der Waals surface area (Å²) in [4.78, 5) is 11.0. The first-order valence-corrected chi connectivity index (χ1v) is 7.28. The number of aromatic nitrogens is 6. The van der Waals surface area contributed by atoms with Crippen LogP contribution in [0.2, 0.25) is 0 Å². The summed E-state index contributed by atoms with van der Waals surface area (Å²) in [5.41, 5.74) is 0.847. The summed E-state index contributed by atoms with van der Waals surface area (Å²) in [5.74, 6) is 0.923. The number of anilines is 1. The molecule has 4 heterocycles. The zero-order valence-electron chi connectivity index (χ0n) is 12.3. The fraction of sp³-hybridized carbons (Fsp3) is 0.429. The van der Waals surface area contributed by atoms with Gasteiger partial charge in [0.2, 0.25) is 0 Å². The average Bonchev–Trinajstić information content (AvgIpc) is 3.18. The Kier molecular flexibility index (Phi) is 3.23. The van der Waals surface area contributed by atoms with E-state index in [4.69, 9.17) is 4.74 Å². The van der Waals surface area contributed by atoms with E-state index < -0.39 is 0 Å². The van der Waals surface area contributed by atoms with Gasteiger partial charge in [0.1, 0.15) is 12.1 Å². The Morgan fingerprint density at radius 3 is 3.14 bits per heavy atom. The minimum absolute atomic E-state index is 0.0929. The van der Waals surface area contributed by atoms with E-state index in [9.17, 15) is 0 Å². The number of ether oxygens (including phenoxy) is 1. The van der Waals surface area contributed by atoms with Crippen LogP contribution in [0.1, 0.15) is 0 Å². The predicted octanol–water partition coefficient (Wildman–Crippen LogP) is 0.465. The smallest absolute Gasteiger partial charge is 0.163 e. The fourth-order valence-electron chi connectivity index (χ4n) is 2.84.